The van der Waals surface area contributed by atoms with Gasteiger partial charge in [-0.1, -0.05) is 35.9 Å². The zero-order chi connectivity index (χ0) is 14.5. The zero-order valence-electron chi connectivity index (χ0n) is 12.8. The average molecular weight is 269 g/mol. The molecule has 1 unspecified atom stereocenters. The van der Waals surface area contributed by atoms with Crippen LogP contribution in [0.2, 0.25) is 0 Å². The highest BCUT2D eigenvalue weighted by atomic mass is 16.5. The zero-order valence-corrected chi connectivity index (χ0v) is 12.8. The molecule has 2 heteroatoms. The Labute approximate surface area is 122 Å². The summed E-state index contributed by atoms with van der Waals surface area (Å²) >= 11 is 0. The smallest absolute Gasteiger partial charge is 0.0667 e. The van der Waals surface area contributed by atoms with Crippen LogP contribution in [0.3, 0.4) is 0 Å². The van der Waals surface area contributed by atoms with Gasteiger partial charge in [-0.3, -0.25) is 0 Å². The Morgan fingerprint density at radius 3 is 2.35 bits per heavy atom. The second kappa shape index (κ2) is 6.58. The fourth-order valence-electron chi connectivity index (χ4n) is 2.61. The lowest BCUT2D eigenvalue weighted by Crippen LogP contribution is -2.32. The van der Waals surface area contributed by atoms with Crippen molar-refractivity contribution in [2.45, 2.75) is 26.8 Å². The third kappa shape index (κ3) is 3.20. The molecule has 0 aliphatic carbocycles. The van der Waals surface area contributed by atoms with Crippen molar-refractivity contribution in [3.05, 3.63) is 59.7 Å². The van der Waals surface area contributed by atoms with E-state index in [2.05, 4.69) is 68.1 Å². The SMILES string of the molecule is COCC(C)N(c1ccccc1)c1ccc(C)cc1C. The minimum absolute atomic E-state index is 0.281. The summed E-state index contributed by atoms with van der Waals surface area (Å²) in [4.78, 5) is 2.35. The molecule has 2 rings (SSSR count). The number of hydrogen-bond donors (Lipinski definition) is 0. The Balaban J connectivity index is 2.46. The summed E-state index contributed by atoms with van der Waals surface area (Å²) in [5.41, 5.74) is 5.02. The van der Waals surface area contributed by atoms with Crippen LogP contribution in [0, 0.1) is 13.8 Å². The van der Waals surface area contributed by atoms with Gasteiger partial charge in [0.25, 0.3) is 0 Å². The summed E-state index contributed by atoms with van der Waals surface area (Å²) < 4.78 is 5.35. The molecule has 0 N–H and O–H groups in total. The van der Waals surface area contributed by atoms with Crippen LogP contribution < -0.4 is 4.90 Å². The van der Waals surface area contributed by atoms with Gasteiger partial charge in [0.1, 0.15) is 0 Å². The molecule has 0 amide bonds. The summed E-state index contributed by atoms with van der Waals surface area (Å²) in [6.45, 7) is 7.18. The number of benzene rings is 2. The molecule has 1 atom stereocenters. The molecule has 0 heterocycles. The summed E-state index contributed by atoms with van der Waals surface area (Å²) in [5.74, 6) is 0. The first-order valence-electron chi connectivity index (χ1n) is 7.04. The summed E-state index contributed by atoms with van der Waals surface area (Å²) in [5, 5.41) is 0. The van der Waals surface area contributed by atoms with Gasteiger partial charge in [0, 0.05) is 18.5 Å². The molecule has 2 aromatic rings. The minimum atomic E-state index is 0.281. The molecular formula is C18H23NO. The monoisotopic (exact) mass is 269 g/mol. The number of rotatable bonds is 5. The number of nitrogens with zero attached hydrogens (tertiary/aromatic N) is 1. The van der Waals surface area contributed by atoms with Gasteiger partial charge in [-0.25, -0.2) is 0 Å². The first-order chi connectivity index (χ1) is 9.63. The molecule has 0 bridgehead atoms. The van der Waals surface area contributed by atoms with E-state index in [0.717, 1.165) is 0 Å². The average Bonchev–Trinajstić information content (AvgIpc) is 2.43. The lowest BCUT2D eigenvalue weighted by molar-refractivity contribution is 0.185. The van der Waals surface area contributed by atoms with E-state index < -0.39 is 0 Å². The lowest BCUT2D eigenvalue weighted by Gasteiger charge is -2.32. The van der Waals surface area contributed by atoms with Gasteiger partial charge in [-0.05, 0) is 44.5 Å². The molecule has 0 aliphatic rings. The molecule has 2 aromatic carbocycles. The molecule has 0 radical (unpaired) electrons. The number of ether oxygens (including phenoxy) is 1. The number of para-hydroxylation sites is 1. The number of aryl methyl sites for hydroxylation is 2. The number of anilines is 2. The largest absolute Gasteiger partial charge is 0.383 e. The highest BCUT2D eigenvalue weighted by Gasteiger charge is 2.18. The second-order valence-electron chi connectivity index (χ2n) is 5.30. The van der Waals surface area contributed by atoms with Crippen molar-refractivity contribution in [2.75, 3.05) is 18.6 Å². The maximum Gasteiger partial charge on any atom is 0.0667 e. The van der Waals surface area contributed by atoms with Crippen LogP contribution in [0.1, 0.15) is 18.1 Å². The predicted molar refractivity (Wildman–Crippen MR) is 85.8 cm³/mol. The van der Waals surface area contributed by atoms with Crippen molar-refractivity contribution in [2.24, 2.45) is 0 Å². The fourth-order valence-corrected chi connectivity index (χ4v) is 2.61. The highest BCUT2D eigenvalue weighted by molar-refractivity contribution is 5.67. The van der Waals surface area contributed by atoms with Gasteiger partial charge < -0.3 is 9.64 Å². The first-order valence-corrected chi connectivity index (χ1v) is 7.04. The van der Waals surface area contributed by atoms with E-state index in [1.807, 2.05) is 6.07 Å². The van der Waals surface area contributed by atoms with Crippen molar-refractivity contribution in [3.8, 4) is 0 Å². The quantitative estimate of drug-likeness (QED) is 0.793. The van der Waals surface area contributed by atoms with Crippen molar-refractivity contribution < 1.29 is 4.74 Å². The van der Waals surface area contributed by atoms with E-state index in [4.69, 9.17) is 4.74 Å². The summed E-state index contributed by atoms with van der Waals surface area (Å²) in [7, 11) is 1.75. The second-order valence-corrected chi connectivity index (χ2v) is 5.30. The third-order valence-corrected chi connectivity index (χ3v) is 3.49. The first kappa shape index (κ1) is 14.6. The molecular weight excluding hydrogens is 246 g/mol. The van der Waals surface area contributed by atoms with Crippen molar-refractivity contribution in [3.63, 3.8) is 0 Å². The van der Waals surface area contributed by atoms with E-state index in [0.29, 0.717) is 6.61 Å². The molecule has 106 valence electrons. The molecule has 0 spiro atoms. The van der Waals surface area contributed by atoms with Gasteiger partial charge in [-0.2, -0.15) is 0 Å². The fraction of sp³-hybridized carbons (Fsp3) is 0.333. The van der Waals surface area contributed by atoms with Gasteiger partial charge in [0.15, 0.2) is 0 Å². The van der Waals surface area contributed by atoms with Crippen molar-refractivity contribution in [1.82, 2.24) is 0 Å². The van der Waals surface area contributed by atoms with Crippen LogP contribution in [0.15, 0.2) is 48.5 Å². The Kier molecular flexibility index (Phi) is 4.80. The highest BCUT2D eigenvalue weighted by Crippen LogP contribution is 2.31. The standard InChI is InChI=1S/C18H23NO/c1-14-10-11-18(15(2)12-14)19(16(3)13-20-4)17-8-6-5-7-9-17/h5-12,16H,13H2,1-4H3. The number of methoxy groups -OCH3 is 1. The molecule has 0 saturated carbocycles. The van der Waals surface area contributed by atoms with Crippen LogP contribution in [0.5, 0.6) is 0 Å². The summed E-state index contributed by atoms with van der Waals surface area (Å²) in [6.07, 6.45) is 0. The Bertz CT molecular complexity index is 551. The van der Waals surface area contributed by atoms with Crippen LogP contribution >= 0.6 is 0 Å². The van der Waals surface area contributed by atoms with Gasteiger partial charge in [0.05, 0.1) is 12.6 Å². The van der Waals surface area contributed by atoms with Gasteiger partial charge in [0.2, 0.25) is 0 Å². The Morgan fingerprint density at radius 2 is 1.75 bits per heavy atom. The maximum absolute atomic E-state index is 5.35. The van der Waals surface area contributed by atoms with Crippen molar-refractivity contribution >= 4 is 11.4 Å². The molecule has 0 aromatic heterocycles. The van der Waals surface area contributed by atoms with Gasteiger partial charge >= 0.3 is 0 Å². The van der Waals surface area contributed by atoms with Gasteiger partial charge in [-0.15, -0.1) is 0 Å². The number of hydrogen-bond acceptors (Lipinski definition) is 2. The van der Waals surface area contributed by atoms with Crippen LogP contribution in [0.4, 0.5) is 11.4 Å². The van der Waals surface area contributed by atoms with Crippen LogP contribution in [-0.2, 0) is 4.74 Å². The topological polar surface area (TPSA) is 12.5 Å². The van der Waals surface area contributed by atoms with Crippen LogP contribution in [-0.4, -0.2) is 19.8 Å². The normalized spacial score (nSPS) is 12.2. The van der Waals surface area contributed by atoms with E-state index in [1.165, 1.54) is 22.5 Å². The minimum Gasteiger partial charge on any atom is -0.383 e. The molecule has 0 aliphatic heterocycles. The third-order valence-electron chi connectivity index (χ3n) is 3.49. The Morgan fingerprint density at radius 1 is 1.05 bits per heavy atom. The molecule has 0 fully saturated rings. The van der Waals surface area contributed by atoms with Crippen LogP contribution in [0.25, 0.3) is 0 Å². The van der Waals surface area contributed by atoms with E-state index in [1.54, 1.807) is 7.11 Å². The van der Waals surface area contributed by atoms with E-state index in [9.17, 15) is 0 Å². The summed E-state index contributed by atoms with van der Waals surface area (Å²) in [6, 6.07) is 17.4. The van der Waals surface area contributed by atoms with E-state index in [-0.39, 0.29) is 6.04 Å². The Hall–Kier alpha value is -1.80. The molecule has 20 heavy (non-hydrogen) atoms. The molecule has 0 saturated heterocycles. The van der Waals surface area contributed by atoms with Crippen molar-refractivity contribution in [1.29, 1.82) is 0 Å². The lowest BCUT2D eigenvalue weighted by atomic mass is 10.1. The molecule has 2 nitrogen and oxygen atoms in total. The van der Waals surface area contributed by atoms with E-state index >= 15 is 0 Å². The maximum atomic E-state index is 5.35. The predicted octanol–water partition coefficient (Wildman–Crippen LogP) is 4.48.